The van der Waals surface area contributed by atoms with Crippen LogP contribution in [0.4, 0.5) is 4.39 Å². The molecule has 0 fully saturated rings. The number of halogens is 1. The van der Waals surface area contributed by atoms with E-state index in [4.69, 9.17) is 10.9 Å². The Kier molecular flexibility index (Phi) is 7.71. The zero-order chi connectivity index (χ0) is 15.7. The minimum atomic E-state index is -0.392. The standard InChI is InChI=1S/C15H25FN4O/c1-3-6-20(4-2)7-5-18-11-12-8-13(15(17)19-21)10-14(16)9-12/h8-10,18,21H,3-7,11H2,1-2H3,(H2,17,19). The molecule has 0 aliphatic carbocycles. The van der Waals surface area contributed by atoms with Crippen molar-refractivity contribution in [2.75, 3.05) is 26.2 Å². The maximum Gasteiger partial charge on any atom is 0.170 e. The highest BCUT2D eigenvalue weighted by Crippen LogP contribution is 2.09. The van der Waals surface area contributed by atoms with Crippen molar-refractivity contribution in [3.05, 3.63) is 35.1 Å². The Morgan fingerprint density at radius 1 is 1.33 bits per heavy atom. The van der Waals surface area contributed by atoms with E-state index in [9.17, 15) is 4.39 Å². The lowest BCUT2D eigenvalue weighted by Gasteiger charge is -2.19. The van der Waals surface area contributed by atoms with Crippen LogP contribution in [0.5, 0.6) is 0 Å². The van der Waals surface area contributed by atoms with Crippen LogP contribution >= 0.6 is 0 Å². The van der Waals surface area contributed by atoms with Crippen molar-refractivity contribution in [1.29, 1.82) is 0 Å². The SMILES string of the molecule is CCCN(CC)CCNCc1cc(F)cc(/C(N)=N/O)c1. The highest BCUT2D eigenvalue weighted by molar-refractivity contribution is 5.97. The third kappa shape index (κ3) is 6.10. The summed E-state index contributed by atoms with van der Waals surface area (Å²) in [5.74, 6) is -0.479. The van der Waals surface area contributed by atoms with Crippen molar-refractivity contribution >= 4 is 5.84 Å². The van der Waals surface area contributed by atoms with E-state index >= 15 is 0 Å². The predicted octanol–water partition coefficient (Wildman–Crippen LogP) is 1.74. The summed E-state index contributed by atoms with van der Waals surface area (Å²) in [5.41, 5.74) is 6.64. The molecule has 0 saturated heterocycles. The van der Waals surface area contributed by atoms with Gasteiger partial charge in [-0.3, -0.25) is 0 Å². The Morgan fingerprint density at radius 3 is 2.71 bits per heavy atom. The third-order valence-corrected chi connectivity index (χ3v) is 3.28. The molecule has 5 nitrogen and oxygen atoms in total. The largest absolute Gasteiger partial charge is 0.409 e. The summed E-state index contributed by atoms with van der Waals surface area (Å²) in [6, 6.07) is 4.41. The van der Waals surface area contributed by atoms with Gasteiger partial charge < -0.3 is 21.2 Å². The zero-order valence-corrected chi connectivity index (χ0v) is 12.8. The summed E-state index contributed by atoms with van der Waals surface area (Å²) in [6.07, 6.45) is 1.14. The molecule has 0 aliphatic heterocycles. The minimum absolute atomic E-state index is 0.0872. The van der Waals surface area contributed by atoms with Crippen LogP contribution in [0.15, 0.2) is 23.4 Å². The zero-order valence-electron chi connectivity index (χ0n) is 12.8. The number of nitrogens with two attached hydrogens (primary N) is 1. The number of hydrogen-bond donors (Lipinski definition) is 3. The average molecular weight is 296 g/mol. The van der Waals surface area contributed by atoms with Crippen molar-refractivity contribution in [2.24, 2.45) is 10.9 Å². The molecule has 0 aromatic heterocycles. The van der Waals surface area contributed by atoms with E-state index in [1.165, 1.54) is 12.1 Å². The third-order valence-electron chi connectivity index (χ3n) is 3.28. The molecule has 118 valence electrons. The minimum Gasteiger partial charge on any atom is -0.409 e. The summed E-state index contributed by atoms with van der Waals surface area (Å²) in [7, 11) is 0. The second kappa shape index (κ2) is 9.31. The van der Waals surface area contributed by atoms with Gasteiger partial charge in [-0.25, -0.2) is 4.39 Å². The number of amidine groups is 1. The molecule has 0 radical (unpaired) electrons. The van der Waals surface area contributed by atoms with E-state index < -0.39 is 5.82 Å². The number of rotatable bonds is 9. The molecule has 1 aromatic rings. The molecular formula is C15H25FN4O. The molecule has 1 aromatic carbocycles. The fourth-order valence-electron chi connectivity index (χ4n) is 2.17. The van der Waals surface area contributed by atoms with Crippen LogP contribution in [0.25, 0.3) is 0 Å². The average Bonchev–Trinajstić information content (AvgIpc) is 2.49. The van der Waals surface area contributed by atoms with E-state index in [2.05, 4.69) is 29.2 Å². The molecule has 0 bridgehead atoms. The van der Waals surface area contributed by atoms with Gasteiger partial charge in [0.05, 0.1) is 0 Å². The summed E-state index contributed by atoms with van der Waals surface area (Å²) in [5, 5.41) is 14.8. The topological polar surface area (TPSA) is 73.9 Å². The maximum absolute atomic E-state index is 13.5. The van der Waals surface area contributed by atoms with Crippen molar-refractivity contribution in [3.63, 3.8) is 0 Å². The fourth-order valence-corrected chi connectivity index (χ4v) is 2.17. The molecule has 0 amide bonds. The lowest BCUT2D eigenvalue weighted by Crippen LogP contribution is -2.32. The van der Waals surface area contributed by atoms with E-state index in [0.29, 0.717) is 12.1 Å². The van der Waals surface area contributed by atoms with Gasteiger partial charge in [0.15, 0.2) is 5.84 Å². The van der Waals surface area contributed by atoms with Gasteiger partial charge in [-0.2, -0.15) is 0 Å². The molecule has 0 atom stereocenters. The van der Waals surface area contributed by atoms with Crippen LogP contribution in [-0.2, 0) is 6.54 Å². The molecule has 0 spiro atoms. The van der Waals surface area contributed by atoms with Crippen LogP contribution in [0, 0.1) is 5.82 Å². The van der Waals surface area contributed by atoms with Gasteiger partial charge in [-0.05, 0) is 43.3 Å². The van der Waals surface area contributed by atoms with E-state index in [1.807, 2.05) is 0 Å². The Bertz CT molecular complexity index is 465. The van der Waals surface area contributed by atoms with Gasteiger partial charge in [-0.15, -0.1) is 0 Å². The summed E-state index contributed by atoms with van der Waals surface area (Å²) >= 11 is 0. The summed E-state index contributed by atoms with van der Waals surface area (Å²) < 4.78 is 13.5. The smallest absolute Gasteiger partial charge is 0.170 e. The Labute approximate surface area is 125 Å². The van der Waals surface area contributed by atoms with Crippen LogP contribution < -0.4 is 11.1 Å². The second-order valence-corrected chi connectivity index (χ2v) is 4.94. The van der Waals surface area contributed by atoms with Gasteiger partial charge in [0.2, 0.25) is 0 Å². The lowest BCUT2D eigenvalue weighted by atomic mass is 10.1. The van der Waals surface area contributed by atoms with Gasteiger partial charge in [0, 0.05) is 25.2 Å². The molecule has 0 heterocycles. The first-order valence-corrected chi connectivity index (χ1v) is 7.31. The number of likely N-dealkylation sites (N-methyl/N-ethyl adjacent to an activating group) is 1. The van der Waals surface area contributed by atoms with E-state index in [1.54, 1.807) is 6.07 Å². The number of nitrogens with zero attached hydrogens (tertiary/aromatic N) is 2. The fraction of sp³-hybridized carbons (Fsp3) is 0.533. The predicted molar refractivity (Wildman–Crippen MR) is 83.0 cm³/mol. The monoisotopic (exact) mass is 296 g/mol. The maximum atomic E-state index is 13.5. The quantitative estimate of drug-likeness (QED) is 0.213. The molecule has 1 rings (SSSR count). The molecule has 0 unspecified atom stereocenters. The number of benzene rings is 1. The van der Waals surface area contributed by atoms with Crippen LogP contribution in [-0.4, -0.2) is 42.1 Å². The Hall–Kier alpha value is -1.66. The van der Waals surface area contributed by atoms with Crippen LogP contribution in [0.1, 0.15) is 31.4 Å². The van der Waals surface area contributed by atoms with Gasteiger partial charge in [-0.1, -0.05) is 19.0 Å². The molecular weight excluding hydrogens is 271 g/mol. The molecule has 6 heteroatoms. The Morgan fingerprint density at radius 2 is 2.10 bits per heavy atom. The molecule has 4 N–H and O–H groups in total. The molecule has 0 aliphatic rings. The second-order valence-electron chi connectivity index (χ2n) is 4.94. The normalized spacial score (nSPS) is 12.1. The van der Waals surface area contributed by atoms with Gasteiger partial charge >= 0.3 is 0 Å². The number of nitrogens with one attached hydrogen (secondary N) is 1. The van der Waals surface area contributed by atoms with E-state index in [-0.39, 0.29) is 5.84 Å². The van der Waals surface area contributed by atoms with Gasteiger partial charge in [0.25, 0.3) is 0 Å². The highest BCUT2D eigenvalue weighted by atomic mass is 19.1. The highest BCUT2D eigenvalue weighted by Gasteiger charge is 2.05. The first kappa shape index (κ1) is 17.4. The molecule has 0 saturated carbocycles. The van der Waals surface area contributed by atoms with Crippen LogP contribution in [0.3, 0.4) is 0 Å². The number of oxime groups is 1. The van der Waals surface area contributed by atoms with Crippen LogP contribution in [0.2, 0.25) is 0 Å². The first-order chi connectivity index (χ1) is 10.1. The summed E-state index contributed by atoms with van der Waals surface area (Å²) in [4.78, 5) is 2.36. The van der Waals surface area contributed by atoms with Crippen molar-refractivity contribution in [1.82, 2.24) is 10.2 Å². The van der Waals surface area contributed by atoms with E-state index in [0.717, 1.165) is 38.2 Å². The van der Waals surface area contributed by atoms with Crippen molar-refractivity contribution in [2.45, 2.75) is 26.8 Å². The first-order valence-electron chi connectivity index (χ1n) is 7.31. The van der Waals surface area contributed by atoms with Crippen molar-refractivity contribution in [3.8, 4) is 0 Å². The van der Waals surface area contributed by atoms with Gasteiger partial charge in [0.1, 0.15) is 5.82 Å². The molecule has 21 heavy (non-hydrogen) atoms. The lowest BCUT2D eigenvalue weighted by molar-refractivity contribution is 0.287. The summed E-state index contributed by atoms with van der Waals surface area (Å²) in [6.45, 7) is 8.78. The van der Waals surface area contributed by atoms with Crippen molar-refractivity contribution < 1.29 is 9.60 Å². The number of hydrogen-bond acceptors (Lipinski definition) is 4. The Balaban J connectivity index is 2.50.